The number of benzene rings is 1. The monoisotopic (exact) mass is 576 g/mol. The summed E-state index contributed by atoms with van der Waals surface area (Å²) in [5.41, 5.74) is 0.636. The molecule has 2 aliphatic rings. The molecule has 0 bridgehead atoms. The second-order valence-corrected chi connectivity index (χ2v) is 12.2. The zero-order valence-corrected chi connectivity index (χ0v) is 22.6. The van der Waals surface area contributed by atoms with Crippen LogP contribution in [0.5, 0.6) is 5.75 Å². The Hall–Kier alpha value is -3.94. The van der Waals surface area contributed by atoms with E-state index in [0.717, 1.165) is 44.3 Å². The second kappa shape index (κ2) is 10.2. The van der Waals surface area contributed by atoms with E-state index in [4.69, 9.17) is 4.98 Å². The van der Waals surface area contributed by atoms with Gasteiger partial charge >= 0.3 is 6.36 Å². The number of hydrogen-bond donors (Lipinski definition) is 1. The number of aromatic nitrogens is 3. The number of piperidine rings is 1. The van der Waals surface area contributed by atoms with Crippen LogP contribution in [0.4, 0.5) is 30.6 Å². The van der Waals surface area contributed by atoms with Crippen LogP contribution in [0.2, 0.25) is 0 Å². The first-order valence-electron chi connectivity index (χ1n) is 12.5. The zero-order chi connectivity index (χ0) is 28.7. The van der Waals surface area contributed by atoms with E-state index < -0.39 is 21.9 Å². The van der Waals surface area contributed by atoms with Gasteiger partial charge in [-0.2, -0.15) is 0 Å². The summed E-state index contributed by atoms with van der Waals surface area (Å²) >= 11 is 0. The summed E-state index contributed by atoms with van der Waals surface area (Å²) < 4.78 is 65.9. The third kappa shape index (κ3) is 6.27. The number of hydrogen-bond acceptors (Lipinski definition) is 9. The Morgan fingerprint density at radius 1 is 1.02 bits per heavy atom. The number of carbonyl (C=O) groups excluding carboxylic acids is 1. The van der Waals surface area contributed by atoms with E-state index in [1.165, 1.54) is 18.3 Å². The standard InChI is InChI=1S/C26H27F3N6O4S/c1-17(36)34-11-8-25(9-12-34)15-35(16-25)23-14-22(31-21-13-19(7-10-30-21)39-26(27,28)29)32-24(33-23)18-3-5-20(6-4-18)40(2,37)38/h3-7,10,13-14H,8-9,11-12,15-16H2,1-2H3,(H,30,31,32,33). The van der Waals surface area contributed by atoms with E-state index in [2.05, 4.69) is 24.9 Å². The molecule has 2 fully saturated rings. The number of alkyl halides is 3. The number of amides is 1. The summed E-state index contributed by atoms with van der Waals surface area (Å²) in [6.07, 6.45) is -0.779. The number of nitrogens with one attached hydrogen (secondary N) is 1. The lowest BCUT2D eigenvalue weighted by Crippen LogP contribution is -2.61. The number of carbonyl (C=O) groups is 1. The summed E-state index contributed by atoms with van der Waals surface area (Å²) in [5.74, 6) is 0.912. The molecule has 4 heterocycles. The van der Waals surface area contributed by atoms with Gasteiger partial charge in [0.1, 0.15) is 23.2 Å². The van der Waals surface area contributed by atoms with Crippen molar-refractivity contribution in [3.05, 3.63) is 48.7 Å². The molecule has 0 saturated carbocycles. The van der Waals surface area contributed by atoms with E-state index in [1.807, 2.05) is 4.90 Å². The van der Waals surface area contributed by atoms with Crippen LogP contribution in [0, 0.1) is 5.41 Å². The number of sulfone groups is 1. The van der Waals surface area contributed by atoms with Crippen molar-refractivity contribution in [2.24, 2.45) is 5.41 Å². The summed E-state index contributed by atoms with van der Waals surface area (Å²) in [6.45, 7) is 4.45. The van der Waals surface area contributed by atoms with Gasteiger partial charge in [0.25, 0.3) is 0 Å². The molecule has 1 N–H and O–H groups in total. The molecule has 5 rings (SSSR count). The Balaban J connectivity index is 1.42. The minimum Gasteiger partial charge on any atom is -0.406 e. The lowest BCUT2D eigenvalue weighted by atomic mass is 9.72. The Kier molecular flexibility index (Phi) is 7.06. The Labute approximate surface area is 229 Å². The number of rotatable bonds is 6. The molecule has 1 amide bonds. The smallest absolute Gasteiger partial charge is 0.406 e. The van der Waals surface area contributed by atoms with Crippen LogP contribution in [0.3, 0.4) is 0 Å². The third-order valence-electron chi connectivity index (χ3n) is 7.12. The Morgan fingerprint density at radius 3 is 2.30 bits per heavy atom. The van der Waals surface area contributed by atoms with Crippen LogP contribution < -0.4 is 15.0 Å². The van der Waals surface area contributed by atoms with Gasteiger partial charge in [-0.15, -0.1) is 13.2 Å². The van der Waals surface area contributed by atoms with Gasteiger partial charge in [0.05, 0.1) is 4.90 Å². The molecule has 14 heteroatoms. The molecular formula is C26H27F3N6O4S. The maximum Gasteiger partial charge on any atom is 0.573 e. The highest BCUT2D eigenvalue weighted by atomic mass is 32.2. The van der Waals surface area contributed by atoms with Crippen LogP contribution in [0.1, 0.15) is 19.8 Å². The molecule has 1 aromatic carbocycles. The summed E-state index contributed by atoms with van der Waals surface area (Å²) in [4.78, 5) is 29.1. The van der Waals surface area contributed by atoms with Crippen molar-refractivity contribution in [2.75, 3.05) is 42.7 Å². The van der Waals surface area contributed by atoms with Gasteiger partial charge in [-0.05, 0) is 43.2 Å². The lowest BCUT2D eigenvalue weighted by molar-refractivity contribution is -0.274. The molecule has 40 heavy (non-hydrogen) atoms. The van der Waals surface area contributed by atoms with Crippen LogP contribution in [0.15, 0.2) is 53.6 Å². The van der Waals surface area contributed by atoms with E-state index in [-0.39, 0.29) is 27.9 Å². The summed E-state index contributed by atoms with van der Waals surface area (Å²) in [6, 6.07) is 10.0. The summed E-state index contributed by atoms with van der Waals surface area (Å²) in [7, 11) is -3.40. The Bertz CT molecular complexity index is 1520. The zero-order valence-electron chi connectivity index (χ0n) is 21.8. The third-order valence-corrected chi connectivity index (χ3v) is 8.25. The van der Waals surface area contributed by atoms with Crippen LogP contribution in [0.25, 0.3) is 11.4 Å². The molecule has 0 aliphatic carbocycles. The molecule has 1 spiro atoms. The van der Waals surface area contributed by atoms with Crippen molar-refractivity contribution in [2.45, 2.75) is 31.0 Å². The topological polar surface area (TPSA) is 118 Å². The fraction of sp³-hybridized carbons (Fsp3) is 0.385. The van der Waals surface area contributed by atoms with Crippen molar-refractivity contribution < 1.29 is 31.1 Å². The van der Waals surface area contributed by atoms with E-state index in [9.17, 15) is 26.4 Å². The van der Waals surface area contributed by atoms with Crippen molar-refractivity contribution in [1.29, 1.82) is 0 Å². The molecule has 212 valence electrons. The first-order chi connectivity index (χ1) is 18.8. The van der Waals surface area contributed by atoms with Gasteiger partial charge in [-0.3, -0.25) is 4.79 Å². The molecule has 3 aromatic rings. The van der Waals surface area contributed by atoms with Crippen molar-refractivity contribution in [3.63, 3.8) is 0 Å². The quantitative estimate of drug-likeness (QED) is 0.464. The molecule has 2 aromatic heterocycles. The number of halogens is 3. The lowest BCUT2D eigenvalue weighted by Gasteiger charge is -2.54. The molecule has 10 nitrogen and oxygen atoms in total. The van der Waals surface area contributed by atoms with Crippen LogP contribution in [-0.2, 0) is 14.6 Å². The summed E-state index contributed by atoms with van der Waals surface area (Å²) in [5, 5.41) is 2.93. The average Bonchev–Trinajstić information content (AvgIpc) is 2.86. The number of nitrogens with zero attached hydrogens (tertiary/aromatic N) is 5. The van der Waals surface area contributed by atoms with Crippen molar-refractivity contribution >= 4 is 33.2 Å². The van der Waals surface area contributed by atoms with Gasteiger partial charge in [0.15, 0.2) is 15.7 Å². The normalized spacial score (nSPS) is 16.9. The number of likely N-dealkylation sites (tertiary alicyclic amines) is 1. The minimum absolute atomic E-state index is 0.0717. The van der Waals surface area contributed by atoms with Crippen LogP contribution in [-0.4, -0.2) is 73.0 Å². The van der Waals surface area contributed by atoms with Gasteiger partial charge in [0, 0.05) is 68.7 Å². The number of ether oxygens (including phenoxy) is 1. The van der Waals surface area contributed by atoms with E-state index >= 15 is 0 Å². The molecule has 0 radical (unpaired) electrons. The highest BCUT2D eigenvalue weighted by molar-refractivity contribution is 7.90. The van der Waals surface area contributed by atoms with Crippen molar-refractivity contribution in [3.8, 4) is 17.1 Å². The van der Waals surface area contributed by atoms with Gasteiger partial charge in [0.2, 0.25) is 5.91 Å². The highest BCUT2D eigenvalue weighted by Gasteiger charge is 2.45. The average molecular weight is 577 g/mol. The molecular weight excluding hydrogens is 549 g/mol. The fourth-order valence-electron chi connectivity index (χ4n) is 4.99. The molecule has 0 atom stereocenters. The molecule has 0 unspecified atom stereocenters. The Morgan fingerprint density at radius 2 is 1.70 bits per heavy atom. The van der Waals surface area contributed by atoms with Crippen molar-refractivity contribution in [1.82, 2.24) is 19.9 Å². The SMILES string of the molecule is CC(=O)N1CCC2(CC1)CN(c1cc(Nc3cc(OC(F)(F)F)ccn3)nc(-c3ccc(S(C)(=O)=O)cc3)n1)C2. The minimum atomic E-state index is -4.85. The highest BCUT2D eigenvalue weighted by Crippen LogP contribution is 2.43. The van der Waals surface area contributed by atoms with Gasteiger partial charge < -0.3 is 19.9 Å². The first-order valence-corrected chi connectivity index (χ1v) is 14.4. The van der Waals surface area contributed by atoms with Gasteiger partial charge in [-0.25, -0.2) is 23.4 Å². The second-order valence-electron chi connectivity index (χ2n) is 10.1. The molecule has 2 saturated heterocycles. The maximum absolute atomic E-state index is 12.7. The maximum atomic E-state index is 12.7. The number of anilines is 3. The van der Waals surface area contributed by atoms with E-state index in [1.54, 1.807) is 25.1 Å². The van der Waals surface area contributed by atoms with E-state index in [0.29, 0.717) is 30.3 Å². The fourth-order valence-corrected chi connectivity index (χ4v) is 5.62. The largest absolute Gasteiger partial charge is 0.573 e. The van der Waals surface area contributed by atoms with Gasteiger partial charge in [-0.1, -0.05) is 0 Å². The predicted octanol–water partition coefficient (Wildman–Crippen LogP) is 4.03. The molecule has 2 aliphatic heterocycles. The number of pyridine rings is 1. The van der Waals surface area contributed by atoms with Crippen LogP contribution >= 0.6 is 0 Å². The first kappa shape index (κ1) is 27.6. The predicted molar refractivity (Wildman–Crippen MR) is 141 cm³/mol.